The summed E-state index contributed by atoms with van der Waals surface area (Å²) in [4.78, 5) is 12.7. The molecular formula is C13H18ClNO2S. The Balaban J connectivity index is 2.59. The van der Waals surface area contributed by atoms with Crippen molar-refractivity contribution in [1.82, 2.24) is 0 Å². The topological polar surface area (TPSA) is 40.5 Å². The van der Waals surface area contributed by atoms with Crippen LogP contribution in [0, 0.1) is 0 Å². The summed E-state index contributed by atoms with van der Waals surface area (Å²) >= 11 is 7.64. The number of rotatable bonds is 8. The Morgan fingerprint density at radius 2 is 2.00 bits per heavy atom. The molecule has 5 heteroatoms. The second-order valence-electron chi connectivity index (χ2n) is 3.99. The summed E-state index contributed by atoms with van der Waals surface area (Å²) in [6, 6.07) is 7.29. The number of hydrogen-bond donors (Lipinski definition) is 1. The number of unbranched alkanes of at least 4 members (excludes halogenated alkanes) is 1. The summed E-state index contributed by atoms with van der Waals surface area (Å²) in [5, 5.41) is 9.59. The maximum atomic E-state index is 10.9. The lowest BCUT2D eigenvalue weighted by molar-refractivity contribution is -0.135. The van der Waals surface area contributed by atoms with Gasteiger partial charge in [0.15, 0.2) is 0 Å². The standard InChI is InChI=1S/C13H18ClNO2S/c1-18-9-3-2-8-15(10-13(16)17)12-6-4-11(14)5-7-12/h4-7H,2-3,8-10H2,1H3,(H,16,17). The summed E-state index contributed by atoms with van der Waals surface area (Å²) in [5.74, 6) is 0.302. The number of aliphatic carboxylic acids is 1. The van der Waals surface area contributed by atoms with Crippen molar-refractivity contribution in [3.05, 3.63) is 29.3 Å². The smallest absolute Gasteiger partial charge is 0.323 e. The SMILES string of the molecule is CSCCCCN(CC(=O)O)c1ccc(Cl)cc1. The Bertz CT molecular complexity index is 370. The molecule has 0 aromatic heterocycles. The summed E-state index contributed by atoms with van der Waals surface area (Å²) in [6.45, 7) is 0.787. The van der Waals surface area contributed by atoms with Gasteiger partial charge >= 0.3 is 5.97 Å². The summed E-state index contributed by atoms with van der Waals surface area (Å²) in [5.41, 5.74) is 0.908. The highest BCUT2D eigenvalue weighted by Gasteiger charge is 2.10. The molecule has 0 amide bonds. The Kier molecular flexibility index (Phi) is 6.98. The first kappa shape index (κ1) is 15.2. The average molecular weight is 288 g/mol. The van der Waals surface area contributed by atoms with Crippen molar-refractivity contribution in [2.75, 3.05) is 30.0 Å². The van der Waals surface area contributed by atoms with Crippen molar-refractivity contribution < 1.29 is 9.90 Å². The molecule has 0 aliphatic carbocycles. The Hall–Kier alpha value is -0.870. The Morgan fingerprint density at radius 1 is 1.33 bits per heavy atom. The summed E-state index contributed by atoms with van der Waals surface area (Å²) < 4.78 is 0. The molecule has 0 saturated carbocycles. The number of anilines is 1. The van der Waals surface area contributed by atoms with Gasteiger partial charge in [0.1, 0.15) is 6.54 Å². The van der Waals surface area contributed by atoms with Crippen molar-refractivity contribution >= 4 is 35.0 Å². The fourth-order valence-electron chi connectivity index (χ4n) is 1.66. The molecule has 0 heterocycles. The van der Waals surface area contributed by atoms with E-state index in [1.165, 1.54) is 0 Å². The van der Waals surface area contributed by atoms with Crippen LogP contribution in [0.3, 0.4) is 0 Å². The molecular weight excluding hydrogens is 270 g/mol. The van der Waals surface area contributed by atoms with E-state index in [-0.39, 0.29) is 6.54 Å². The molecule has 18 heavy (non-hydrogen) atoms. The van der Waals surface area contributed by atoms with Crippen molar-refractivity contribution in [3.63, 3.8) is 0 Å². The van der Waals surface area contributed by atoms with Crippen molar-refractivity contribution in [1.29, 1.82) is 0 Å². The number of carboxylic acid groups (broad SMARTS) is 1. The van der Waals surface area contributed by atoms with Gasteiger partial charge in [-0.05, 0) is 49.1 Å². The first-order valence-corrected chi connectivity index (χ1v) is 7.62. The number of thioether (sulfide) groups is 1. The van der Waals surface area contributed by atoms with Gasteiger partial charge in [-0.2, -0.15) is 11.8 Å². The van der Waals surface area contributed by atoms with E-state index in [4.69, 9.17) is 16.7 Å². The largest absolute Gasteiger partial charge is 0.480 e. The monoisotopic (exact) mass is 287 g/mol. The third-order valence-corrected chi connectivity index (χ3v) is 3.49. The molecule has 0 spiro atoms. The number of benzene rings is 1. The first-order chi connectivity index (χ1) is 8.63. The lowest BCUT2D eigenvalue weighted by Crippen LogP contribution is -2.30. The molecule has 0 atom stereocenters. The molecule has 1 rings (SSSR count). The molecule has 0 fully saturated rings. The molecule has 1 aromatic rings. The van der Waals surface area contributed by atoms with Gasteiger partial charge in [0, 0.05) is 17.3 Å². The fraction of sp³-hybridized carbons (Fsp3) is 0.462. The van der Waals surface area contributed by atoms with Gasteiger partial charge in [-0.25, -0.2) is 0 Å². The van der Waals surface area contributed by atoms with Gasteiger partial charge in [0.2, 0.25) is 0 Å². The minimum Gasteiger partial charge on any atom is -0.480 e. The van der Waals surface area contributed by atoms with Crippen LogP contribution in [0.4, 0.5) is 5.69 Å². The lowest BCUT2D eigenvalue weighted by Gasteiger charge is -2.22. The predicted molar refractivity (Wildman–Crippen MR) is 78.9 cm³/mol. The van der Waals surface area contributed by atoms with Gasteiger partial charge in [-0.15, -0.1) is 0 Å². The Morgan fingerprint density at radius 3 is 2.56 bits per heavy atom. The van der Waals surface area contributed by atoms with Crippen molar-refractivity contribution in [2.24, 2.45) is 0 Å². The van der Waals surface area contributed by atoms with Crippen LogP contribution in [0.2, 0.25) is 5.02 Å². The highest BCUT2D eigenvalue weighted by Crippen LogP contribution is 2.18. The van der Waals surface area contributed by atoms with E-state index in [0.29, 0.717) is 5.02 Å². The van der Waals surface area contributed by atoms with Crippen LogP contribution < -0.4 is 4.90 Å². The summed E-state index contributed by atoms with van der Waals surface area (Å²) in [6.07, 6.45) is 4.18. The number of halogens is 1. The van der Waals surface area contributed by atoms with Crippen LogP contribution in [0.25, 0.3) is 0 Å². The van der Waals surface area contributed by atoms with Gasteiger partial charge in [-0.3, -0.25) is 4.79 Å². The van der Waals surface area contributed by atoms with E-state index in [0.717, 1.165) is 30.8 Å². The number of hydrogen-bond acceptors (Lipinski definition) is 3. The molecule has 0 radical (unpaired) electrons. The third-order valence-electron chi connectivity index (χ3n) is 2.54. The van der Waals surface area contributed by atoms with Crippen LogP contribution in [0.1, 0.15) is 12.8 Å². The molecule has 0 unspecified atom stereocenters. The lowest BCUT2D eigenvalue weighted by atomic mass is 10.2. The van der Waals surface area contributed by atoms with Crippen LogP contribution in [0.5, 0.6) is 0 Å². The third kappa shape index (κ3) is 5.65. The van der Waals surface area contributed by atoms with E-state index >= 15 is 0 Å². The van der Waals surface area contributed by atoms with Gasteiger partial charge in [0.05, 0.1) is 0 Å². The van der Waals surface area contributed by atoms with Gasteiger partial charge in [-0.1, -0.05) is 11.6 Å². The second-order valence-corrected chi connectivity index (χ2v) is 5.41. The first-order valence-electron chi connectivity index (χ1n) is 5.84. The quantitative estimate of drug-likeness (QED) is 0.744. The van der Waals surface area contributed by atoms with Crippen molar-refractivity contribution in [3.8, 4) is 0 Å². The normalized spacial score (nSPS) is 10.3. The highest BCUT2D eigenvalue weighted by molar-refractivity contribution is 7.98. The van der Waals surface area contributed by atoms with E-state index < -0.39 is 5.97 Å². The average Bonchev–Trinajstić information content (AvgIpc) is 2.34. The molecule has 1 aromatic carbocycles. The van der Waals surface area contributed by atoms with Crippen LogP contribution in [0.15, 0.2) is 24.3 Å². The number of carboxylic acids is 1. The minimum atomic E-state index is -0.810. The number of nitrogens with zero attached hydrogens (tertiary/aromatic N) is 1. The van der Waals surface area contributed by atoms with Crippen LogP contribution in [-0.2, 0) is 4.79 Å². The van der Waals surface area contributed by atoms with Crippen LogP contribution >= 0.6 is 23.4 Å². The zero-order chi connectivity index (χ0) is 13.4. The molecule has 0 saturated heterocycles. The predicted octanol–water partition coefficient (Wildman–Crippen LogP) is 3.37. The highest BCUT2D eigenvalue weighted by atomic mass is 35.5. The molecule has 0 aliphatic rings. The van der Waals surface area contributed by atoms with Crippen LogP contribution in [-0.4, -0.2) is 36.2 Å². The minimum absolute atomic E-state index is 0.0287. The maximum Gasteiger partial charge on any atom is 0.323 e. The maximum absolute atomic E-state index is 10.9. The molecule has 1 N–H and O–H groups in total. The van der Waals surface area contributed by atoms with E-state index in [2.05, 4.69) is 6.26 Å². The molecule has 0 aliphatic heterocycles. The Labute approximate surface area is 117 Å². The van der Waals surface area contributed by atoms with E-state index in [1.807, 2.05) is 28.8 Å². The molecule has 100 valence electrons. The zero-order valence-electron chi connectivity index (χ0n) is 10.4. The zero-order valence-corrected chi connectivity index (χ0v) is 12.0. The van der Waals surface area contributed by atoms with Crippen molar-refractivity contribution in [2.45, 2.75) is 12.8 Å². The van der Waals surface area contributed by atoms with E-state index in [1.54, 1.807) is 12.1 Å². The summed E-state index contributed by atoms with van der Waals surface area (Å²) in [7, 11) is 0. The van der Waals surface area contributed by atoms with Gasteiger partial charge < -0.3 is 10.0 Å². The van der Waals surface area contributed by atoms with Gasteiger partial charge in [0.25, 0.3) is 0 Å². The number of carbonyl (C=O) groups is 1. The fourth-order valence-corrected chi connectivity index (χ4v) is 2.28. The second kappa shape index (κ2) is 8.27. The molecule has 3 nitrogen and oxygen atoms in total. The molecule has 0 bridgehead atoms. The van der Waals surface area contributed by atoms with E-state index in [9.17, 15) is 4.79 Å².